The lowest BCUT2D eigenvalue weighted by Gasteiger charge is -2.15. The second kappa shape index (κ2) is 4.01. The number of aliphatic hydroxyl groups is 1. The molecule has 2 nitrogen and oxygen atoms in total. The van der Waals surface area contributed by atoms with Gasteiger partial charge in [0.25, 0.3) is 0 Å². The van der Waals surface area contributed by atoms with Gasteiger partial charge < -0.3 is 5.11 Å². The average Bonchev–Trinajstić information content (AvgIpc) is 1.89. The maximum atomic E-state index is 10.1. The summed E-state index contributed by atoms with van der Waals surface area (Å²) in [7, 11) is 0. The van der Waals surface area contributed by atoms with Crippen LogP contribution in [0.25, 0.3) is 0 Å². The Kier molecular flexibility index (Phi) is 3.65. The third kappa shape index (κ3) is 2.60. The molecule has 0 rings (SSSR count). The molecule has 0 bridgehead atoms. The van der Waals surface area contributed by atoms with Gasteiger partial charge in [0.15, 0.2) is 0 Å². The molecule has 0 spiro atoms. The molecule has 0 aliphatic heterocycles. The Labute approximate surface area is 60.9 Å². The van der Waals surface area contributed by atoms with Crippen molar-refractivity contribution in [3.05, 3.63) is 25.3 Å². The van der Waals surface area contributed by atoms with E-state index in [0.29, 0.717) is 0 Å². The summed E-state index contributed by atoms with van der Waals surface area (Å²) in [6.45, 7) is 6.81. The number of hydrogen-bond donors (Lipinski definition) is 1. The minimum absolute atomic E-state index is 0.225. The SMILES string of the molecule is C=CCC(O)([C]=O)CC=C. The molecule has 1 radical (unpaired) electrons. The van der Waals surface area contributed by atoms with Gasteiger partial charge in [0.2, 0.25) is 6.29 Å². The molecule has 0 fully saturated rings. The first kappa shape index (κ1) is 9.11. The molecule has 0 amide bonds. The highest BCUT2D eigenvalue weighted by atomic mass is 16.3. The summed E-state index contributed by atoms with van der Waals surface area (Å²) in [5, 5.41) is 9.25. The van der Waals surface area contributed by atoms with Crippen LogP contribution in [0, 0.1) is 0 Å². The first-order chi connectivity index (χ1) is 4.68. The maximum absolute atomic E-state index is 10.1. The van der Waals surface area contributed by atoms with Crippen molar-refractivity contribution in [2.45, 2.75) is 18.4 Å². The highest BCUT2D eigenvalue weighted by Crippen LogP contribution is 2.12. The second-order valence-electron chi connectivity index (χ2n) is 2.12. The van der Waals surface area contributed by atoms with E-state index in [9.17, 15) is 9.90 Å². The molecular formula is C8H11O2. The lowest BCUT2D eigenvalue weighted by atomic mass is 9.98. The molecule has 1 N–H and O–H groups in total. The van der Waals surface area contributed by atoms with E-state index in [2.05, 4.69) is 13.2 Å². The van der Waals surface area contributed by atoms with Crippen molar-refractivity contribution >= 4 is 6.29 Å². The predicted octanol–water partition coefficient (Wildman–Crippen LogP) is 0.979. The quantitative estimate of drug-likeness (QED) is 0.576. The van der Waals surface area contributed by atoms with Crippen LogP contribution in [-0.4, -0.2) is 17.0 Å². The molecule has 0 saturated carbocycles. The van der Waals surface area contributed by atoms with Crippen molar-refractivity contribution in [3.8, 4) is 0 Å². The first-order valence-corrected chi connectivity index (χ1v) is 3.02. The van der Waals surface area contributed by atoms with Crippen molar-refractivity contribution in [2.75, 3.05) is 0 Å². The van der Waals surface area contributed by atoms with Gasteiger partial charge >= 0.3 is 0 Å². The van der Waals surface area contributed by atoms with Gasteiger partial charge in [-0.05, 0) is 0 Å². The maximum Gasteiger partial charge on any atom is 0.233 e. The van der Waals surface area contributed by atoms with Crippen molar-refractivity contribution in [3.63, 3.8) is 0 Å². The van der Waals surface area contributed by atoms with Crippen LogP contribution >= 0.6 is 0 Å². The lowest BCUT2D eigenvalue weighted by Crippen LogP contribution is -2.28. The van der Waals surface area contributed by atoms with Gasteiger partial charge in [0, 0.05) is 12.8 Å². The highest BCUT2D eigenvalue weighted by molar-refractivity contribution is 5.63. The van der Waals surface area contributed by atoms with Gasteiger partial charge in [-0.25, -0.2) is 0 Å². The van der Waals surface area contributed by atoms with Crippen LogP contribution < -0.4 is 0 Å². The minimum Gasteiger partial charge on any atom is -0.381 e. The zero-order valence-corrected chi connectivity index (χ0v) is 5.84. The van der Waals surface area contributed by atoms with E-state index in [1.807, 2.05) is 0 Å². The summed E-state index contributed by atoms with van der Waals surface area (Å²) in [6, 6.07) is 0. The van der Waals surface area contributed by atoms with E-state index in [1.54, 1.807) is 6.29 Å². The Bertz CT molecular complexity index is 128. The van der Waals surface area contributed by atoms with Gasteiger partial charge in [-0.3, -0.25) is 4.79 Å². The molecule has 0 aliphatic carbocycles. The predicted molar refractivity (Wildman–Crippen MR) is 40.3 cm³/mol. The molecule has 55 valence electrons. The molecule has 0 aromatic carbocycles. The largest absolute Gasteiger partial charge is 0.381 e. The van der Waals surface area contributed by atoms with Gasteiger partial charge in [-0.1, -0.05) is 12.2 Å². The van der Waals surface area contributed by atoms with Crippen LogP contribution in [0.2, 0.25) is 0 Å². The summed E-state index contributed by atoms with van der Waals surface area (Å²) in [5.74, 6) is 0. The topological polar surface area (TPSA) is 37.3 Å². The number of rotatable bonds is 5. The third-order valence-electron chi connectivity index (χ3n) is 1.15. The van der Waals surface area contributed by atoms with Crippen LogP contribution in [-0.2, 0) is 4.79 Å². The molecule has 2 heteroatoms. The fourth-order valence-electron chi connectivity index (χ4n) is 0.644. The molecule has 0 saturated heterocycles. The van der Waals surface area contributed by atoms with Crippen molar-refractivity contribution < 1.29 is 9.90 Å². The van der Waals surface area contributed by atoms with Crippen molar-refractivity contribution in [2.24, 2.45) is 0 Å². The van der Waals surface area contributed by atoms with E-state index in [1.165, 1.54) is 12.2 Å². The number of hydrogen-bond acceptors (Lipinski definition) is 2. The van der Waals surface area contributed by atoms with Gasteiger partial charge in [-0.2, -0.15) is 0 Å². The molecule has 0 atom stereocenters. The van der Waals surface area contributed by atoms with Crippen LogP contribution in [0.3, 0.4) is 0 Å². The van der Waals surface area contributed by atoms with E-state index in [0.717, 1.165) is 0 Å². The second-order valence-corrected chi connectivity index (χ2v) is 2.12. The molecule has 0 unspecified atom stereocenters. The fraction of sp³-hybridized carbons (Fsp3) is 0.375. The minimum atomic E-state index is -1.40. The normalized spacial score (nSPS) is 10.5. The Balaban J connectivity index is 4.05. The van der Waals surface area contributed by atoms with E-state index >= 15 is 0 Å². The van der Waals surface area contributed by atoms with Crippen molar-refractivity contribution in [1.82, 2.24) is 0 Å². The Hall–Kier alpha value is -0.890. The van der Waals surface area contributed by atoms with Gasteiger partial charge in [0.05, 0.1) is 0 Å². The summed E-state index contributed by atoms with van der Waals surface area (Å²) >= 11 is 0. The van der Waals surface area contributed by atoms with Crippen molar-refractivity contribution in [1.29, 1.82) is 0 Å². The Morgan fingerprint density at radius 3 is 2.00 bits per heavy atom. The van der Waals surface area contributed by atoms with Crippen LogP contribution in [0.15, 0.2) is 25.3 Å². The number of carbonyl (C=O) groups excluding carboxylic acids is 1. The van der Waals surface area contributed by atoms with Crippen LogP contribution in [0.4, 0.5) is 0 Å². The smallest absolute Gasteiger partial charge is 0.233 e. The zero-order chi connectivity index (χ0) is 8.04. The van der Waals surface area contributed by atoms with Crippen LogP contribution in [0.1, 0.15) is 12.8 Å². The van der Waals surface area contributed by atoms with E-state index in [4.69, 9.17) is 0 Å². The highest BCUT2D eigenvalue weighted by Gasteiger charge is 2.23. The zero-order valence-electron chi connectivity index (χ0n) is 5.84. The molecule has 0 aromatic heterocycles. The Morgan fingerprint density at radius 1 is 1.40 bits per heavy atom. The van der Waals surface area contributed by atoms with E-state index in [-0.39, 0.29) is 12.8 Å². The summed E-state index contributed by atoms with van der Waals surface area (Å²) < 4.78 is 0. The lowest BCUT2D eigenvalue weighted by molar-refractivity contribution is 0.114. The van der Waals surface area contributed by atoms with Gasteiger partial charge in [0.1, 0.15) is 5.60 Å². The summed E-state index contributed by atoms with van der Waals surface area (Å²) in [6.07, 6.45) is 4.95. The fourth-order valence-corrected chi connectivity index (χ4v) is 0.644. The molecule has 10 heavy (non-hydrogen) atoms. The van der Waals surface area contributed by atoms with E-state index < -0.39 is 5.60 Å². The first-order valence-electron chi connectivity index (χ1n) is 3.02. The summed E-state index contributed by atoms with van der Waals surface area (Å²) in [4.78, 5) is 10.1. The van der Waals surface area contributed by atoms with Crippen LogP contribution in [0.5, 0.6) is 0 Å². The average molecular weight is 139 g/mol. The molecule has 0 aliphatic rings. The monoisotopic (exact) mass is 139 g/mol. The third-order valence-corrected chi connectivity index (χ3v) is 1.15. The summed E-state index contributed by atoms with van der Waals surface area (Å²) in [5.41, 5.74) is -1.40. The standard InChI is InChI=1S/C8H11O2/c1-3-5-8(10,7-9)6-4-2/h3-4,10H,1-2,5-6H2. The Morgan fingerprint density at radius 2 is 1.80 bits per heavy atom. The molecule has 0 heterocycles. The molecule has 0 aromatic rings. The van der Waals surface area contributed by atoms with Gasteiger partial charge in [-0.15, -0.1) is 13.2 Å². The molecular weight excluding hydrogens is 128 g/mol.